The molecule has 0 amide bonds. The molecule has 3 nitrogen and oxygen atoms in total. The molecule has 0 atom stereocenters. The van der Waals surface area contributed by atoms with Gasteiger partial charge in [0.05, 0.1) is 24.2 Å². The lowest BCUT2D eigenvalue weighted by Crippen LogP contribution is -2.49. The van der Waals surface area contributed by atoms with Gasteiger partial charge in [-0.2, -0.15) is 0 Å². The van der Waals surface area contributed by atoms with Gasteiger partial charge in [0.2, 0.25) is 0 Å². The molecule has 1 fully saturated rings. The van der Waals surface area contributed by atoms with Crippen LogP contribution >= 0.6 is 0 Å². The van der Waals surface area contributed by atoms with Crippen LogP contribution in [0.15, 0.2) is 23.0 Å². The molecule has 1 heterocycles. The summed E-state index contributed by atoms with van der Waals surface area (Å²) in [6, 6.07) is 1.89. The van der Waals surface area contributed by atoms with E-state index < -0.39 is 5.60 Å². The normalized spacial score (nSPS) is 32.9. The Morgan fingerprint density at radius 2 is 2.46 bits per heavy atom. The van der Waals surface area contributed by atoms with Crippen LogP contribution in [0.4, 0.5) is 0 Å². The van der Waals surface area contributed by atoms with E-state index >= 15 is 0 Å². The van der Waals surface area contributed by atoms with E-state index in [1.54, 1.807) is 19.6 Å². The van der Waals surface area contributed by atoms with E-state index in [2.05, 4.69) is 0 Å². The van der Waals surface area contributed by atoms with Crippen LogP contribution in [0.1, 0.15) is 18.4 Å². The Bertz CT molecular complexity index is 260. The lowest BCUT2D eigenvalue weighted by molar-refractivity contribution is -0.126. The molecular weight excluding hydrogens is 168 g/mol. The predicted octanol–water partition coefficient (Wildman–Crippen LogP) is 1.36. The summed E-state index contributed by atoms with van der Waals surface area (Å²) < 4.78 is 10.1. The minimum absolute atomic E-state index is 0.233. The first-order valence-electron chi connectivity index (χ1n) is 4.48. The molecule has 2 rings (SSSR count). The van der Waals surface area contributed by atoms with Crippen molar-refractivity contribution in [2.45, 2.75) is 31.0 Å². The van der Waals surface area contributed by atoms with Gasteiger partial charge in [-0.25, -0.2) is 0 Å². The largest absolute Gasteiger partial charge is 0.472 e. The van der Waals surface area contributed by atoms with E-state index in [4.69, 9.17) is 9.15 Å². The van der Waals surface area contributed by atoms with Crippen molar-refractivity contribution in [2.75, 3.05) is 7.11 Å². The Labute approximate surface area is 77.3 Å². The molecule has 72 valence electrons. The first-order valence-corrected chi connectivity index (χ1v) is 4.48. The van der Waals surface area contributed by atoms with Gasteiger partial charge in [-0.05, 0) is 11.6 Å². The van der Waals surface area contributed by atoms with Crippen molar-refractivity contribution in [3.8, 4) is 0 Å². The maximum atomic E-state index is 9.96. The highest BCUT2D eigenvalue weighted by Gasteiger charge is 2.42. The van der Waals surface area contributed by atoms with E-state index in [9.17, 15) is 5.11 Å². The lowest BCUT2D eigenvalue weighted by Gasteiger charge is -2.42. The van der Waals surface area contributed by atoms with E-state index in [0.29, 0.717) is 6.42 Å². The second-order valence-electron chi connectivity index (χ2n) is 3.80. The average molecular weight is 182 g/mol. The molecule has 0 aromatic carbocycles. The van der Waals surface area contributed by atoms with Crippen molar-refractivity contribution in [1.82, 2.24) is 0 Å². The molecular formula is C10H14O3. The van der Waals surface area contributed by atoms with Gasteiger partial charge in [-0.1, -0.05) is 0 Å². The van der Waals surface area contributed by atoms with E-state index in [1.807, 2.05) is 6.07 Å². The number of methoxy groups -OCH3 is 1. The Kier molecular flexibility index (Phi) is 2.14. The summed E-state index contributed by atoms with van der Waals surface area (Å²) in [6.45, 7) is 0. The van der Waals surface area contributed by atoms with Crippen LogP contribution in [0.3, 0.4) is 0 Å². The van der Waals surface area contributed by atoms with E-state index in [1.165, 1.54) is 0 Å². The molecule has 1 aromatic heterocycles. The zero-order chi connectivity index (χ0) is 9.31. The zero-order valence-electron chi connectivity index (χ0n) is 7.69. The Morgan fingerprint density at radius 3 is 3.00 bits per heavy atom. The zero-order valence-corrected chi connectivity index (χ0v) is 7.69. The summed E-state index contributed by atoms with van der Waals surface area (Å²) in [5, 5.41) is 9.96. The molecule has 0 spiro atoms. The van der Waals surface area contributed by atoms with Crippen molar-refractivity contribution in [3.05, 3.63) is 24.2 Å². The van der Waals surface area contributed by atoms with Gasteiger partial charge in [0.1, 0.15) is 0 Å². The van der Waals surface area contributed by atoms with Gasteiger partial charge >= 0.3 is 0 Å². The average Bonchev–Trinajstić information content (AvgIpc) is 2.52. The highest BCUT2D eigenvalue weighted by atomic mass is 16.5. The number of aliphatic hydroxyl groups is 1. The topological polar surface area (TPSA) is 42.6 Å². The maximum absolute atomic E-state index is 9.96. The van der Waals surface area contributed by atoms with Gasteiger partial charge in [0.15, 0.2) is 0 Å². The van der Waals surface area contributed by atoms with Crippen LogP contribution < -0.4 is 0 Å². The second kappa shape index (κ2) is 3.16. The van der Waals surface area contributed by atoms with E-state index in [0.717, 1.165) is 18.4 Å². The molecule has 13 heavy (non-hydrogen) atoms. The number of rotatable bonds is 3. The lowest BCUT2D eigenvalue weighted by atomic mass is 9.74. The minimum Gasteiger partial charge on any atom is -0.472 e. The van der Waals surface area contributed by atoms with Crippen LogP contribution in [-0.4, -0.2) is 23.9 Å². The van der Waals surface area contributed by atoms with Crippen molar-refractivity contribution in [1.29, 1.82) is 0 Å². The van der Waals surface area contributed by atoms with Crippen LogP contribution in [0, 0.1) is 0 Å². The monoisotopic (exact) mass is 182 g/mol. The van der Waals surface area contributed by atoms with Gasteiger partial charge in [-0.15, -0.1) is 0 Å². The van der Waals surface area contributed by atoms with Gasteiger partial charge in [-0.3, -0.25) is 0 Å². The molecule has 1 aromatic rings. The molecule has 1 N–H and O–H groups in total. The SMILES string of the molecule is COC1CC(O)(Cc2ccoc2)C1. The maximum Gasteiger partial charge on any atom is 0.0935 e. The van der Waals surface area contributed by atoms with Crippen LogP contribution in [-0.2, 0) is 11.2 Å². The van der Waals surface area contributed by atoms with Crippen molar-refractivity contribution in [3.63, 3.8) is 0 Å². The molecule has 0 radical (unpaired) electrons. The highest BCUT2D eigenvalue weighted by Crippen LogP contribution is 2.36. The number of furan rings is 1. The number of hydrogen-bond acceptors (Lipinski definition) is 3. The molecule has 0 unspecified atom stereocenters. The number of hydrogen-bond donors (Lipinski definition) is 1. The Hall–Kier alpha value is -0.800. The van der Waals surface area contributed by atoms with Crippen molar-refractivity contribution < 1.29 is 14.3 Å². The summed E-state index contributed by atoms with van der Waals surface area (Å²) in [7, 11) is 1.68. The minimum atomic E-state index is -0.565. The van der Waals surface area contributed by atoms with Crippen LogP contribution in [0.5, 0.6) is 0 Å². The molecule has 0 aliphatic heterocycles. The fourth-order valence-electron chi connectivity index (χ4n) is 1.87. The van der Waals surface area contributed by atoms with Gasteiger partial charge in [0.25, 0.3) is 0 Å². The third kappa shape index (κ3) is 1.76. The first-order chi connectivity index (χ1) is 6.22. The fraction of sp³-hybridized carbons (Fsp3) is 0.600. The van der Waals surface area contributed by atoms with Gasteiger partial charge < -0.3 is 14.3 Å². The van der Waals surface area contributed by atoms with Crippen molar-refractivity contribution >= 4 is 0 Å². The molecule has 1 saturated carbocycles. The third-order valence-electron chi connectivity index (χ3n) is 2.66. The Balaban J connectivity index is 1.90. The molecule has 3 heteroatoms. The summed E-state index contributed by atoms with van der Waals surface area (Å²) >= 11 is 0. The Morgan fingerprint density at radius 1 is 1.69 bits per heavy atom. The summed E-state index contributed by atoms with van der Waals surface area (Å²) in [6.07, 6.45) is 5.67. The predicted molar refractivity (Wildman–Crippen MR) is 47.4 cm³/mol. The quantitative estimate of drug-likeness (QED) is 0.767. The standard InChI is InChI=1S/C10H14O3/c1-12-9-5-10(11,6-9)4-8-2-3-13-7-8/h2-3,7,9,11H,4-6H2,1H3. The molecule has 1 aliphatic carbocycles. The summed E-state index contributed by atoms with van der Waals surface area (Å²) in [5.74, 6) is 0. The number of ether oxygens (including phenoxy) is 1. The summed E-state index contributed by atoms with van der Waals surface area (Å²) in [5.41, 5.74) is 0.488. The molecule has 0 bridgehead atoms. The van der Waals surface area contributed by atoms with E-state index in [-0.39, 0.29) is 6.10 Å². The van der Waals surface area contributed by atoms with Crippen LogP contribution in [0.25, 0.3) is 0 Å². The van der Waals surface area contributed by atoms with Crippen LogP contribution in [0.2, 0.25) is 0 Å². The first kappa shape index (κ1) is 8.78. The summed E-state index contributed by atoms with van der Waals surface area (Å²) in [4.78, 5) is 0. The van der Waals surface area contributed by atoms with Crippen molar-refractivity contribution in [2.24, 2.45) is 0 Å². The molecule has 1 aliphatic rings. The third-order valence-corrected chi connectivity index (χ3v) is 2.66. The smallest absolute Gasteiger partial charge is 0.0935 e. The fourth-order valence-corrected chi connectivity index (χ4v) is 1.87. The highest BCUT2D eigenvalue weighted by molar-refractivity contribution is 5.12. The molecule has 0 saturated heterocycles. The van der Waals surface area contributed by atoms with Gasteiger partial charge in [0, 0.05) is 26.4 Å². The second-order valence-corrected chi connectivity index (χ2v) is 3.80.